The van der Waals surface area contributed by atoms with Crippen LogP contribution in [-0.4, -0.2) is 20.6 Å². The van der Waals surface area contributed by atoms with Crippen molar-refractivity contribution >= 4 is 12.1 Å². The van der Waals surface area contributed by atoms with E-state index in [2.05, 4.69) is 10.9 Å². The molecule has 0 heterocycles. The van der Waals surface area contributed by atoms with Crippen LogP contribution < -0.4 is 20.3 Å². The Morgan fingerprint density at radius 3 is 2.64 bits per heavy atom. The molecule has 14 heavy (non-hydrogen) atoms. The average molecular weight is 196 g/mol. The normalized spacial score (nSPS) is 9.00. The van der Waals surface area contributed by atoms with Crippen LogP contribution in [0.15, 0.2) is 18.2 Å². The Morgan fingerprint density at radius 2 is 2.07 bits per heavy atom. The zero-order valence-corrected chi connectivity index (χ0v) is 8.03. The van der Waals surface area contributed by atoms with E-state index in [1.54, 1.807) is 32.4 Å². The van der Waals surface area contributed by atoms with Gasteiger partial charge in [-0.05, 0) is 12.1 Å². The Balaban J connectivity index is 2.89. The highest BCUT2D eigenvalue weighted by Crippen LogP contribution is 2.27. The Kier molecular flexibility index (Phi) is 3.60. The van der Waals surface area contributed by atoms with Gasteiger partial charge in [0.05, 0.1) is 19.9 Å². The van der Waals surface area contributed by atoms with E-state index in [-0.39, 0.29) is 0 Å². The first kappa shape index (κ1) is 10.2. The highest BCUT2D eigenvalue weighted by molar-refractivity contribution is 5.62. The van der Waals surface area contributed by atoms with Gasteiger partial charge in [-0.15, -0.1) is 0 Å². The van der Waals surface area contributed by atoms with E-state index in [4.69, 9.17) is 9.47 Å². The van der Waals surface area contributed by atoms with Crippen molar-refractivity contribution < 1.29 is 14.3 Å². The molecule has 5 heteroatoms. The molecule has 2 N–H and O–H groups in total. The topological polar surface area (TPSA) is 59.6 Å². The molecule has 0 aliphatic heterocycles. The van der Waals surface area contributed by atoms with E-state index in [0.29, 0.717) is 23.6 Å². The fourth-order valence-corrected chi connectivity index (χ4v) is 1.02. The lowest BCUT2D eigenvalue weighted by Gasteiger charge is -2.10. The van der Waals surface area contributed by atoms with Gasteiger partial charge in [-0.3, -0.25) is 15.6 Å². The summed E-state index contributed by atoms with van der Waals surface area (Å²) in [4.78, 5) is 10.1. The van der Waals surface area contributed by atoms with Gasteiger partial charge in [0.25, 0.3) is 0 Å². The summed E-state index contributed by atoms with van der Waals surface area (Å²) in [7, 11) is 3.12. The van der Waals surface area contributed by atoms with Crippen molar-refractivity contribution in [2.24, 2.45) is 0 Å². The minimum atomic E-state index is 0.541. The molecule has 0 atom stereocenters. The minimum absolute atomic E-state index is 0.541. The number of anilines is 1. The van der Waals surface area contributed by atoms with E-state index < -0.39 is 0 Å². The monoisotopic (exact) mass is 196 g/mol. The Labute approximate surface area is 82.0 Å². The summed E-state index contributed by atoms with van der Waals surface area (Å²) >= 11 is 0. The second-order valence-electron chi connectivity index (χ2n) is 2.45. The zero-order chi connectivity index (χ0) is 10.4. The molecular formula is C9H12N2O3. The van der Waals surface area contributed by atoms with Gasteiger partial charge in [-0.1, -0.05) is 0 Å². The van der Waals surface area contributed by atoms with Crippen LogP contribution in [0.5, 0.6) is 11.5 Å². The van der Waals surface area contributed by atoms with Crippen molar-refractivity contribution in [1.82, 2.24) is 5.43 Å². The summed E-state index contributed by atoms with van der Waals surface area (Å²) in [5.41, 5.74) is 5.63. The number of hydrogen-bond donors (Lipinski definition) is 2. The number of carbonyl (C=O) groups is 1. The predicted octanol–water partition coefficient (Wildman–Crippen LogP) is 0.777. The first-order valence-electron chi connectivity index (χ1n) is 3.99. The van der Waals surface area contributed by atoms with Gasteiger partial charge < -0.3 is 9.47 Å². The molecule has 76 valence electrons. The van der Waals surface area contributed by atoms with Crippen molar-refractivity contribution in [3.8, 4) is 11.5 Å². The molecule has 0 unspecified atom stereocenters. The molecule has 1 rings (SSSR count). The number of amides is 1. The average Bonchev–Trinajstić information content (AvgIpc) is 2.25. The van der Waals surface area contributed by atoms with Crippen LogP contribution in [0.4, 0.5) is 5.69 Å². The summed E-state index contributed by atoms with van der Waals surface area (Å²) in [6.45, 7) is 0. The van der Waals surface area contributed by atoms with E-state index in [9.17, 15) is 4.79 Å². The second kappa shape index (κ2) is 4.96. The van der Waals surface area contributed by atoms with Gasteiger partial charge >= 0.3 is 0 Å². The third kappa shape index (κ3) is 2.29. The molecule has 0 saturated heterocycles. The molecule has 0 fully saturated rings. The lowest BCUT2D eigenvalue weighted by Crippen LogP contribution is -2.19. The fourth-order valence-electron chi connectivity index (χ4n) is 1.02. The Hall–Kier alpha value is -1.91. The van der Waals surface area contributed by atoms with Gasteiger partial charge in [0, 0.05) is 6.07 Å². The quantitative estimate of drug-likeness (QED) is 0.539. The largest absolute Gasteiger partial charge is 0.497 e. The van der Waals surface area contributed by atoms with Crippen molar-refractivity contribution in [3.05, 3.63) is 18.2 Å². The second-order valence-corrected chi connectivity index (χ2v) is 2.45. The predicted molar refractivity (Wildman–Crippen MR) is 52.4 cm³/mol. The lowest BCUT2D eigenvalue weighted by atomic mass is 10.3. The summed E-state index contributed by atoms with van der Waals surface area (Å²) in [6.07, 6.45) is 0.541. The van der Waals surface area contributed by atoms with Gasteiger partial charge in [-0.2, -0.15) is 0 Å². The van der Waals surface area contributed by atoms with Gasteiger partial charge in [0.2, 0.25) is 6.41 Å². The number of nitrogens with one attached hydrogen (secondary N) is 2. The van der Waals surface area contributed by atoms with Crippen LogP contribution in [0.3, 0.4) is 0 Å². The number of benzene rings is 1. The van der Waals surface area contributed by atoms with Crippen LogP contribution in [0.2, 0.25) is 0 Å². The van der Waals surface area contributed by atoms with E-state index >= 15 is 0 Å². The summed E-state index contributed by atoms with van der Waals surface area (Å²) in [5.74, 6) is 1.31. The number of methoxy groups -OCH3 is 2. The molecule has 0 aromatic heterocycles. The molecule has 1 aromatic carbocycles. The molecule has 0 aliphatic rings. The fraction of sp³-hybridized carbons (Fsp3) is 0.222. The highest BCUT2D eigenvalue weighted by atomic mass is 16.5. The van der Waals surface area contributed by atoms with Crippen LogP contribution in [0.25, 0.3) is 0 Å². The van der Waals surface area contributed by atoms with Gasteiger partial charge in [0.1, 0.15) is 11.5 Å². The number of rotatable bonds is 5. The summed E-state index contributed by atoms with van der Waals surface area (Å²) in [5, 5.41) is 0. The Morgan fingerprint density at radius 1 is 1.29 bits per heavy atom. The number of hydrazine groups is 1. The summed E-state index contributed by atoms with van der Waals surface area (Å²) in [6, 6.07) is 5.23. The standard InChI is InChI=1S/C9H12N2O3/c1-13-7-3-4-9(14-2)8(5-7)11-10-6-12/h3-6,11H,1-2H3,(H,10,12). The van der Waals surface area contributed by atoms with Crippen molar-refractivity contribution in [2.75, 3.05) is 19.6 Å². The van der Waals surface area contributed by atoms with Crippen LogP contribution in [0, 0.1) is 0 Å². The van der Waals surface area contributed by atoms with Crippen molar-refractivity contribution in [1.29, 1.82) is 0 Å². The smallest absolute Gasteiger partial charge is 0.225 e. The van der Waals surface area contributed by atoms with Crippen LogP contribution >= 0.6 is 0 Å². The van der Waals surface area contributed by atoms with E-state index in [1.807, 2.05) is 0 Å². The molecule has 5 nitrogen and oxygen atoms in total. The van der Waals surface area contributed by atoms with Crippen molar-refractivity contribution in [3.63, 3.8) is 0 Å². The SMILES string of the molecule is COc1ccc(OC)c(NNC=O)c1. The van der Waals surface area contributed by atoms with Crippen LogP contribution in [-0.2, 0) is 4.79 Å². The molecule has 0 radical (unpaired) electrons. The number of hydrogen-bond acceptors (Lipinski definition) is 4. The van der Waals surface area contributed by atoms with Crippen molar-refractivity contribution in [2.45, 2.75) is 0 Å². The molecule has 1 amide bonds. The van der Waals surface area contributed by atoms with Crippen LogP contribution in [0.1, 0.15) is 0 Å². The first-order valence-corrected chi connectivity index (χ1v) is 3.99. The highest BCUT2D eigenvalue weighted by Gasteiger charge is 2.03. The maximum atomic E-state index is 10.1. The van der Waals surface area contributed by atoms with E-state index in [1.165, 1.54) is 0 Å². The third-order valence-electron chi connectivity index (χ3n) is 1.67. The van der Waals surface area contributed by atoms with Gasteiger partial charge in [0.15, 0.2) is 0 Å². The van der Waals surface area contributed by atoms with E-state index in [0.717, 1.165) is 0 Å². The molecule has 0 spiro atoms. The first-order chi connectivity index (χ1) is 6.81. The molecule has 0 bridgehead atoms. The van der Waals surface area contributed by atoms with Gasteiger partial charge in [-0.25, -0.2) is 0 Å². The molecular weight excluding hydrogens is 184 g/mol. The zero-order valence-electron chi connectivity index (χ0n) is 8.03. The molecule has 0 aliphatic carbocycles. The Bertz CT molecular complexity index is 315. The molecule has 0 saturated carbocycles. The maximum absolute atomic E-state index is 10.1. The minimum Gasteiger partial charge on any atom is -0.497 e. The number of ether oxygens (including phenoxy) is 2. The maximum Gasteiger partial charge on any atom is 0.225 e. The molecule has 1 aromatic rings. The summed E-state index contributed by atoms with van der Waals surface area (Å²) < 4.78 is 10.1. The third-order valence-corrected chi connectivity index (χ3v) is 1.67. The number of carbonyl (C=O) groups excluding carboxylic acids is 1. The lowest BCUT2D eigenvalue weighted by molar-refractivity contribution is -0.109.